The summed E-state index contributed by atoms with van der Waals surface area (Å²) in [4.78, 5) is 19.1. The van der Waals surface area contributed by atoms with Crippen LogP contribution in [-0.2, 0) is 0 Å². The number of anilines is 1. The summed E-state index contributed by atoms with van der Waals surface area (Å²) >= 11 is 0. The Hall–Kier alpha value is -1.92. The van der Waals surface area contributed by atoms with Gasteiger partial charge in [0.1, 0.15) is 5.82 Å². The van der Waals surface area contributed by atoms with E-state index in [9.17, 15) is 10.1 Å². The van der Waals surface area contributed by atoms with Gasteiger partial charge in [-0.05, 0) is 12.8 Å². The zero-order chi connectivity index (χ0) is 13.8. The minimum Gasteiger partial charge on any atom is -0.476 e. The summed E-state index contributed by atoms with van der Waals surface area (Å²) < 4.78 is 5.05. The van der Waals surface area contributed by atoms with E-state index in [-0.39, 0.29) is 23.3 Å². The van der Waals surface area contributed by atoms with Crippen LogP contribution in [0, 0.1) is 10.1 Å². The van der Waals surface area contributed by atoms with E-state index >= 15 is 0 Å². The third-order valence-corrected chi connectivity index (χ3v) is 3.45. The highest BCUT2D eigenvalue weighted by Crippen LogP contribution is 2.36. The van der Waals surface area contributed by atoms with Crippen LogP contribution in [0.25, 0.3) is 0 Å². The maximum absolute atomic E-state index is 11.1. The Morgan fingerprint density at radius 1 is 1.32 bits per heavy atom. The van der Waals surface area contributed by atoms with Gasteiger partial charge in [0, 0.05) is 13.0 Å². The summed E-state index contributed by atoms with van der Waals surface area (Å²) in [5.74, 6) is 1.17. The maximum Gasteiger partial charge on any atom is 0.372 e. The van der Waals surface area contributed by atoms with Crippen molar-refractivity contribution >= 4 is 11.5 Å². The van der Waals surface area contributed by atoms with Crippen LogP contribution < -0.4 is 10.1 Å². The highest BCUT2D eigenvalue weighted by atomic mass is 16.6. The molecular weight excluding hydrogens is 248 g/mol. The molecule has 1 aromatic rings. The van der Waals surface area contributed by atoms with Gasteiger partial charge in [0.05, 0.1) is 12.0 Å². The molecule has 1 heterocycles. The second kappa shape index (κ2) is 5.81. The van der Waals surface area contributed by atoms with Crippen molar-refractivity contribution in [3.63, 3.8) is 0 Å². The van der Waals surface area contributed by atoms with E-state index in [0.717, 1.165) is 25.7 Å². The van der Waals surface area contributed by atoms with Gasteiger partial charge in [-0.15, -0.1) is 0 Å². The summed E-state index contributed by atoms with van der Waals surface area (Å²) in [6.45, 7) is 0. The summed E-state index contributed by atoms with van der Waals surface area (Å²) in [7, 11) is 3.00. The zero-order valence-corrected chi connectivity index (χ0v) is 11.2. The predicted octanol–water partition coefficient (Wildman–Crippen LogP) is 2.48. The molecule has 0 amide bonds. The van der Waals surface area contributed by atoms with Gasteiger partial charge in [0.25, 0.3) is 5.88 Å². The SMILES string of the molecule is CNc1nc(C2CCCCC2)nc(OC)c1[N+](=O)[O-]. The largest absolute Gasteiger partial charge is 0.476 e. The van der Waals surface area contributed by atoms with Gasteiger partial charge in [-0.25, -0.2) is 4.98 Å². The van der Waals surface area contributed by atoms with Crippen molar-refractivity contribution in [2.24, 2.45) is 0 Å². The molecule has 0 radical (unpaired) electrons. The van der Waals surface area contributed by atoms with Gasteiger partial charge in [0.2, 0.25) is 5.82 Å². The molecule has 0 atom stereocenters. The first kappa shape index (κ1) is 13.5. The van der Waals surface area contributed by atoms with Gasteiger partial charge in [-0.2, -0.15) is 4.98 Å². The number of hydrogen-bond donors (Lipinski definition) is 1. The van der Waals surface area contributed by atoms with Crippen LogP contribution in [0.5, 0.6) is 5.88 Å². The number of nitrogens with one attached hydrogen (secondary N) is 1. The normalized spacial score (nSPS) is 16.1. The molecule has 1 fully saturated rings. The van der Waals surface area contributed by atoms with E-state index in [0.29, 0.717) is 5.82 Å². The number of hydrogen-bond acceptors (Lipinski definition) is 6. The van der Waals surface area contributed by atoms with E-state index in [1.807, 2.05) is 0 Å². The molecule has 0 spiro atoms. The lowest BCUT2D eigenvalue weighted by atomic mass is 9.88. The molecule has 0 saturated heterocycles. The van der Waals surface area contributed by atoms with Crippen LogP contribution in [0.1, 0.15) is 43.8 Å². The van der Waals surface area contributed by atoms with E-state index < -0.39 is 4.92 Å². The molecule has 1 aromatic heterocycles. The molecule has 7 nitrogen and oxygen atoms in total. The summed E-state index contributed by atoms with van der Waals surface area (Å²) in [6, 6.07) is 0. The standard InChI is InChI=1S/C12H18N4O3/c1-13-11-9(16(17)18)12(19-2)15-10(14-11)8-6-4-3-5-7-8/h8H,3-7H2,1-2H3,(H,13,14,15). The van der Waals surface area contributed by atoms with Gasteiger partial charge in [-0.3, -0.25) is 10.1 Å². The van der Waals surface area contributed by atoms with E-state index in [4.69, 9.17) is 4.74 Å². The molecule has 1 saturated carbocycles. The first-order valence-electron chi connectivity index (χ1n) is 6.45. The predicted molar refractivity (Wildman–Crippen MR) is 70.6 cm³/mol. The molecule has 0 bridgehead atoms. The van der Waals surface area contributed by atoms with Crippen molar-refractivity contribution in [1.29, 1.82) is 0 Å². The molecule has 7 heteroatoms. The minimum absolute atomic E-state index is 0.0323. The molecule has 104 valence electrons. The Kier molecular flexibility index (Phi) is 4.13. The van der Waals surface area contributed by atoms with Crippen LogP contribution in [0.4, 0.5) is 11.5 Å². The summed E-state index contributed by atoms with van der Waals surface area (Å²) in [5, 5.41) is 13.8. The molecule has 0 aromatic carbocycles. The van der Waals surface area contributed by atoms with Gasteiger partial charge >= 0.3 is 5.69 Å². The van der Waals surface area contributed by atoms with Crippen molar-refractivity contribution in [3.8, 4) is 5.88 Å². The first-order chi connectivity index (χ1) is 9.17. The fourth-order valence-corrected chi connectivity index (χ4v) is 2.48. The first-order valence-corrected chi connectivity index (χ1v) is 6.45. The van der Waals surface area contributed by atoms with Gasteiger partial charge in [-0.1, -0.05) is 19.3 Å². The quantitative estimate of drug-likeness (QED) is 0.665. The lowest BCUT2D eigenvalue weighted by molar-refractivity contribution is -0.385. The lowest BCUT2D eigenvalue weighted by Crippen LogP contribution is -2.12. The fourth-order valence-electron chi connectivity index (χ4n) is 2.48. The van der Waals surface area contributed by atoms with Gasteiger partial charge < -0.3 is 10.1 Å². The Morgan fingerprint density at radius 2 is 2.00 bits per heavy atom. The Labute approximate surface area is 111 Å². The summed E-state index contributed by atoms with van der Waals surface area (Å²) in [5.41, 5.74) is -0.204. The second-order valence-electron chi connectivity index (χ2n) is 4.63. The lowest BCUT2D eigenvalue weighted by Gasteiger charge is -2.20. The minimum atomic E-state index is -0.519. The molecular formula is C12H18N4O3. The average Bonchev–Trinajstić information content (AvgIpc) is 2.46. The number of methoxy groups -OCH3 is 1. The number of nitrogens with zero attached hydrogens (tertiary/aromatic N) is 3. The molecule has 0 aliphatic heterocycles. The van der Waals surface area contributed by atoms with Crippen molar-refractivity contribution < 1.29 is 9.66 Å². The van der Waals surface area contributed by atoms with Crippen molar-refractivity contribution in [1.82, 2.24) is 9.97 Å². The third kappa shape index (κ3) is 2.74. The van der Waals surface area contributed by atoms with Crippen LogP contribution >= 0.6 is 0 Å². The average molecular weight is 266 g/mol. The molecule has 0 unspecified atom stereocenters. The van der Waals surface area contributed by atoms with Crippen molar-refractivity contribution in [2.75, 3.05) is 19.5 Å². The maximum atomic E-state index is 11.1. The number of rotatable bonds is 4. The van der Waals surface area contributed by atoms with Crippen LogP contribution in [0.15, 0.2) is 0 Å². The Balaban J connectivity index is 2.43. The highest BCUT2D eigenvalue weighted by Gasteiger charge is 2.28. The monoisotopic (exact) mass is 266 g/mol. The van der Waals surface area contributed by atoms with E-state index in [2.05, 4.69) is 15.3 Å². The zero-order valence-electron chi connectivity index (χ0n) is 11.2. The van der Waals surface area contributed by atoms with Crippen molar-refractivity contribution in [2.45, 2.75) is 38.0 Å². The Bertz CT molecular complexity index is 447. The molecule has 2 rings (SSSR count). The van der Waals surface area contributed by atoms with Crippen molar-refractivity contribution in [3.05, 3.63) is 15.9 Å². The molecule has 1 aliphatic rings. The molecule has 1 N–H and O–H groups in total. The fraction of sp³-hybridized carbons (Fsp3) is 0.667. The van der Waals surface area contributed by atoms with Gasteiger partial charge in [0.15, 0.2) is 0 Å². The third-order valence-electron chi connectivity index (χ3n) is 3.45. The topological polar surface area (TPSA) is 90.2 Å². The van der Waals surface area contributed by atoms with Crippen LogP contribution in [0.2, 0.25) is 0 Å². The van der Waals surface area contributed by atoms with E-state index in [1.54, 1.807) is 7.05 Å². The smallest absolute Gasteiger partial charge is 0.372 e. The second-order valence-corrected chi connectivity index (χ2v) is 4.63. The van der Waals surface area contributed by atoms with Crippen LogP contribution in [0.3, 0.4) is 0 Å². The number of aromatic nitrogens is 2. The molecule has 19 heavy (non-hydrogen) atoms. The summed E-state index contributed by atoms with van der Waals surface area (Å²) in [6.07, 6.45) is 5.61. The van der Waals surface area contributed by atoms with E-state index in [1.165, 1.54) is 13.5 Å². The molecule has 1 aliphatic carbocycles. The highest BCUT2D eigenvalue weighted by molar-refractivity contribution is 5.61. The Morgan fingerprint density at radius 3 is 2.53 bits per heavy atom. The number of ether oxygens (including phenoxy) is 1. The van der Waals surface area contributed by atoms with Crippen LogP contribution in [-0.4, -0.2) is 29.0 Å². The number of nitro groups is 1.